The van der Waals surface area contributed by atoms with Crippen molar-refractivity contribution in [3.05, 3.63) is 0 Å². The summed E-state index contributed by atoms with van der Waals surface area (Å²) in [5.74, 6) is 0. The molecule has 2 heterocycles. The Bertz CT molecular complexity index is 186. The summed E-state index contributed by atoms with van der Waals surface area (Å²) >= 11 is 0. The van der Waals surface area contributed by atoms with Gasteiger partial charge in [-0.15, -0.1) is 0 Å². The summed E-state index contributed by atoms with van der Waals surface area (Å²) in [4.78, 5) is 2.09. The Labute approximate surface area is 77.8 Å². The second kappa shape index (κ2) is 3.53. The van der Waals surface area contributed by atoms with E-state index in [-0.39, 0.29) is 6.04 Å². The van der Waals surface area contributed by atoms with Gasteiger partial charge in [-0.2, -0.15) is 0 Å². The van der Waals surface area contributed by atoms with Gasteiger partial charge in [0.25, 0.3) is 0 Å². The molecule has 0 amide bonds. The predicted molar refractivity (Wildman–Crippen MR) is 47.2 cm³/mol. The number of hydrogen-bond donors (Lipinski definition) is 3. The van der Waals surface area contributed by atoms with Gasteiger partial charge in [0, 0.05) is 12.6 Å². The molecule has 0 radical (unpaired) electrons. The van der Waals surface area contributed by atoms with Crippen LogP contribution in [0.15, 0.2) is 0 Å². The van der Waals surface area contributed by atoms with Crippen LogP contribution in [0.25, 0.3) is 0 Å². The van der Waals surface area contributed by atoms with E-state index in [9.17, 15) is 15.3 Å². The maximum absolute atomic E-state index is 9.69. The van der Waals surface area contributed by atoms with Crippen LogP contribution < -0.4 is 0 Å². The van der Waals surface area contributed by atoms with Crippen LogP contribution in [-0.2, 0) is 0 Å². The van der Waals surface area contributed by atoms with E-state index in [1.54, 1.807) is 0 Å². The van der Waals surface area contributed by atoms with E-state index >= 15 is 0 Å². The summed E-state index contributed by atoms with van der Waals surface area (Å²) in [6.07, 6.45) is 0.658. The normalized spacial score (nSPS) is 47.3. The van der Waals surface area contributed by atoms with E-state index in [1.165, 1.54) is 0 Å². The molecule has 76 valence electrons. The van der Waals surface area contributed by atoms with Crippen molar-refractivity contribution < 1.29 is 15.3 Å². The molecule has 2 aliphatic rings. The van der Waals surface area contributed by atoms with E-state index in [2.05, 4.69) is 4.90 Å². The molecule has 4 nitrogen and oxygen atoms in total. The lowest BCUT2D eigenvalue weighted by atomic mass is 9.88. The molecule has 0 aromatic carbocycles. The van der Waals surface area contributed by atoms with Crippen LogP contribution >= 0.6 is 0 Å². The minimum absolute atomic E-state index is 0.0622. The van der Waals surface area contributed by atoms with Gasteiger partial charge in [0.1, 0.15) is 6.10 Å². The SMILES string of the molecule is O[C@@H]1[C@@H](O)[C@H]2CCCCN2C[C@H]1O. The minimum Gasteiger partial charge on any atom is -0.389 e. The third-order valence-electron chi connectivity index (χ3n) is 3.22. The fraction of sp³-hybridized carbons (Fsp3) is 1.00. The lowest BCUT2D eigenvalue weighted by Crippen LogP contribution is -2.62. The number of rotatable bonds is 0. The Hall–Kier alpha value is -0.160. The fourth-order valence-electron chi connectivity index (χ4n) is 2.43. The van der Waals surface area contributed by atoms with Crippen molar-refractivity contribution in [1.29, 1.82) is 0 Å². The zero-order valence-corrected chi connectivity index (χ0v) is 7.63. The van der Waals surface area contributed by atoms with Gasteiger partial charge in [-0.05, 0) is 19.4 Å². The molecule has 3 N–H and O–H groups in total. The summed E-state index contributed by atoms with van der Waals surface area (Å²) in [5.41, 5.74) is 0. The second-order valence-electron chi connectivity index (χ2n) is 4.11. The summed E-state index contributed by atoms with van der Waals surface area (Å²) < 4.78 is 0. The van der Waals surface area contributed by atoms with Crippen molar-refractivity contribution in [2.24, 2.45) is 0 Å². The Kier molecular flexibility index (Phi) is 2.55. The zero-order chi connectivity index (χ0) is 9.42. The number of nitrogens with zero attached hydrogens (tertiary/aromatic N) is 1. The van der Waals surface area contributed by atoms with E-state index in [0.29, 0.717) is 6.54 Å². The molecule has 2 rings (SSSR count). The van der Waals surface area contributed by atoms with Gasteiger partial charge in [-0.25, -0.2) is 0 Å². The average Bonchev–Trinajstić information content (AvgIpc) is 2.15. The number of hydrogen-bond acceptors (Lipinski definition) is 4. The van der Waals surface area contributed by atoms with Crippen molar-refractivity contribution in [2.45, 2.75) is 43.6 Å². The number of aliphatic hydroxyl groups is 3. The van der Waals surface area contributed by atoms with Crippen molar-refractivity contribution in [3.63, 3.8) is 0 Å². The smallest absolute Gasteiger partial charge is 0.108 e. The van der Waals surface area contributed by atoms with E-state index < -0.39 is 18.3 Å². The molecule has 4 heteroatoms. The largest absolute Gasteiger partial charge is 0.389 e. The Morgan fingerprint density at radius 1 is 1.00 bits per heavy atom. The van der Waals surface area contributed by atoms with Crippen LogP contribution in [0.1, 0.15) is 19.3 Å². The van der Waals surface area contributed by atoms with Crippen LogP contribution in [0.4, 0.5) is 0 Å². The van der Waals surface area contributed by atoms with Gasteiger partial charge in [0.2, 0.25) is 0 Å². The second-order valence-corrected chi connectivity index (χ2v) is 4.11. The predicted octanol–water partition coefficient (Wildman–Crippen LogP) is -1.06. The van der Waals surface area contributed by atoms with Crippen LogP contribution in [-0.4, -0.2) is 57.7 Å². The van der Waals surface area contributed by atoms with Crippen LogP contribution in [0.2, 0.25) is 0 Å². The molecular weight excluding hydrogens is 170 g/mol. The van der Waals surface area contributed by atoms with E-state index in [0.717, 1.165) is 25.8 Å². The van der Waals surface area contributed by atoms with Gasteiger partial charge in [0.05, 0.1) is 12.2 Å². The average molecular weight is 187 g/mol. The lowest BCUT2D eigenvalue weighted by Gasteiger charge is -2.46. The molecule has 0 spiro atoms. The molecule has 2 saturated heterocycles. The van der Waals surface area contributed by atoms with Gasteiger partial charge in [0.15, 0.2) is 0 Å². The highest BCUT2D eigenvalue weighted by Crippen LogP contribution is 2.26. The first kappa shape index (κ1) is 9.40. The van der Waals surface area contributed by atoms with Crippen LogP contribution in [0.5, 0.6) is 0 Å². The molecule has 13 heavy (non-hydrogen) atoms. The van der Waals surface area contributed by atoms with Crippen LogP contribution in [0, 0.1) is 0 Å². The van der Waals surface area contributed by atoms with Crippen molar-refractivity contribution in [2.75, 3.05) is 13.1 Å². The molecule has 0 bridgehead atoms. The first-order valence-corrected chi connectivity index (χ1v) is 4.98. The number of aliphatic hydroxyl groups excluding tert-OH is 3. The minimum atomic E-state index is -0.959. The van der Waals surface area contributed by atoms with Gasteiger partial charge < -0.3 is 15.3 Å². The summed E-state index contributed by atoms with van der Waals surface area (Å²) in [7, 11) is 0. The number of fused-ring (bicyclic) bond motifs is 1. The van der Waals surface area contributed by atoms with Crippen molar-refractivity contribution in [3.8, 4) is 0 Å². The number of piperidine rings is 2. The maximum atomic E-state index is 9.69. The third kappa shape index (κ3) is 1.59. The highest BCUT2D eigenvalue weighted by molar-refractivity contribution is 4.95. The molecule has 0 unspecified atom stereocenters. The highest BCUT2D eigenvalue weighted by Gasteiger charge is 2.41. The van der Waals surface area contributed by atoms with E-state index in [4.69, 9.17) is 0 Å². The monoisotopic (exact) mass is 187 g/mol. The summed E-state index contributed by atoms with van der Waals surface area (Å²) in [5, 5.41) is 28.6. The maximum Gasteiger partial charge on any atom is 0.108 e. The fourth-order valence-corrected chi connectivity index (χ4v) is 2.43. The highest BCUT2D eigenvalue weighted by atomic mass is 16.4. The third-order valence-corrected chi connectivity index (χ3v) is 3.22. The molecule has 0 aromatic heterocycles. The zero-order valence-electron chi connectivity index (χ0n) is 7.63. The molecule has 0 saturated carbocycles. The summed E-state index contributed by atoms with van der Waals surface area (Å²) in [6, 6.07) is 0.0622. The van der Waals surface area contributed by atoms with Crippen LogP contribution in [0.3, 0.4) is 0 Å². The first-order valence-electron chi connectivity index (χ1n) is 4.98. The Morgan fingerprint density at radius 2 is 1.77 bits per heavy atom. The molecule has 2 fully saturated rings. The topological polar surface area (TPSA) is 63.9 Å². The van der Waals surface area contributed by atoms with Crippen molar-refractivity contribution in [1.82, 2.24) is 4.90 Å². The Balaban J connectivity index is 2.08. The Morgan fingerprint density at radius 3 is 2.54 bits per heavy atom. The van der Waals surface area contributed by atoms with Gasteiger partial charge >= 0.3 is 0 Å². The molecular formula is C9H17NO3. The first-order chi connectivity index (χ1) is 6.20. The molecule has 0 aromatic rings. The quantitative estimate of drug-likeness (QED) is 0.452. The summed E-state index contributed by atoms with van der Waals surface area (Å²) in [6.45, 7) is 1.44. The standard InChI is InChI=1S/C9H17NO3/c11-7-5-10-4-2-1-3-6(10)8(12)9(7)13/h6-9,11-13H,1-5H2/t6-,7-,8+,9+/m1/s1. The lowest BCUT2D eigenvalue weighted by molar-refractivity contribution is -0.144. The van der Waals surface area contributed by atoms with Gasteiger partial charge in [-0.3, -0.25) is 4.90 Å². The molecule has 2 aliphatic heterocycles. The van der Waals surface area contributed by atoms with Gasteiger partial charge in [-0.1, -0.05) is 6.42 Å². The molecule has 0 aliphatic carbocycles. The molecule has 4 atom stereocenters. The van der Waals surface area contributed by atoms with E-state index in [1.807, 2.05) is 0 Å². The van der Waals surface area contributed by atoms with Crippen molar-refractivity contribution >= 4 is 0 Å².